The summed E-state index contributed by atoms with van der Waals surface area (Å²) in [6.45, 7) is -0.0193. The topological polar surface area (TPSA) is 102 Å². The van der Waals surface area contributed by atoms with Gasteiger partial charge in [-0.05, 0) is 12.0 Å². The molecule has 0 atom stereocenters. The Balaban J connectivity index is 1.84. The van der Waals surface area contributed by atoms with Gasteiger partial charge in [-0.25, -0.2) is 18.5 Å². The van der Waals surface area contributed by atoms with Crippen molar-refractivity contribution in [1.29, 1.82) is 0 Å². The lowest BCUT2D eigenvalue weighted by atomic mass is 10.1. The van der Waals surface area contributed by atoms with E-state index < -0.39 is 10.0 Å². The van der Waals surface area contributed by atoms with Crippen molar-refractivity contribution in [3.63, 3.8) is 0 Å². The Bertz CT molecular complexity index is 727. The van der Waals surface area contributed by atoms with E-state index in [0.717, 1.165) is 17.8 Å². The Kier molecular flexibility index (Phi) is 5.64. The highest BCUT2D eigenvalue weighted by Crippen LogP contribution is 2.13. The van der Waals surface area contributed by atoms with Crippen molar-refractivity contribution in [3.8, 4) is 0 Å². The van der Waals surface area contributed by atoms with Crippen molar-refractivity contribution in [2.45, 2.75) is 12.8 Å². The van der Waals surface area contributed by atoms with Crippen LogP contribution in [0.2, 0.25) is 0 Å². The maximum Gasteiger partial charge on any atom is 0.270 e. The van der Waals surface area contributed by atoms with Gasteiger partial charge in [-0.3, -0.25) is 4.79 Å². The predicted octanol–water partition coefficient (Wildman–Crippen LogP) is 0.947. The van der Waals surface area contributed by atoms with Crippen LogP contribution < -0.4 is 10.5 Å². The molecule has 1 aromatic heterocycles. The van der Waals surface area contributed by atoms with E-state index in [1.165, 1.54) is 16.9 Å². The minimum atomic E-state index is -3.57. The molecule has 0 fully saturated rings. The second-order valence-electron chi connectivity index (χ2n) is 4.73. The molecule has 0 aliphatic rings. The number of sulfonamides is 1. The molecule has 118 valence electrons. The maximum atomic E-state index is 11.8. The summed E-state index contributed by atoms with van der Waals surface area (Å²) in [6, 6.07) is 10.0. The number of hydrogen-bond acceptors (Lipinski definition) is 5. The number of thiazole rings is 1. The van der Waals surface area contributed by atoms with E-state index >= 15 is 0 Å². The molecule has 1 aromatic carbocycles. The van der Waals surface area contributed by atoms with Crippen molar-refractivity contribution < 1.29 is 13.2 Å². The van der Waals surface area contributed by atoms with Gasteiger partial charge in [0, 0.05) is 18.3 Å². The van der Waals surface area contributed by atoms with Gasteiger partial charge in [0.1, 0.15) is 5.69 Å². The van der Waals surface area contributed by atoms with Gasteiger partial charge in [-0.15, -0.1) is 11.3 Å². The van der Waals surface area contributed by atoms with Gasteiger partial charge in [0.25, 0.3) is 5.91 Å². The normalized spacial score (nSPS) is 11.3. The SMILES string of the molecule is NS(=O)(=O)CCNC(=O)c1csc(CCc2ccccc2)n1. The fourth-order valence-electron chi connectivity index (χ4n) is 1.82. The van der Waals surface area contributed by atoms with Crippen molar-refractivity contribution in [2.24, 2.45) is 5.14 Å². The molecule has 3 N–H and O–H groups in total. The maximum absolute atomic E-state index is 11.8. The summed E-state index contributed by atoms with van der Waals surface area (Å²) in [5, 5.41) is 9.90. The Morgan fingerprint density at radius 3 is 2.64 bits per heavy atom. The number of carbonyl (C=O) groups is 1. The molecule has 0 bridgehead atoms. The minimum Gasteiger partial charge on any atom is -0.350 e. The lowest BCUT2D eigenvalue weighted by Gasteiger charge is -2.01. The summed E-state index contributed by atoms with van der Waals surface area (Å²) in [5.41, 5.74) is 1.53. The summed E-state index contributed by atoms with van der Waals surface area (Å²) >= 11 is 1.42. The summed E-state index contributed by atoms with van der Waals surface area (Å²) in [4.78, 5) is 16.1. The van der Waals surface area contributed by atoms with Crippen molar-refractivity contribution in [1.82, 2.24) is 10.3 Å². The molecular weight excluding hydrogens is 322 g/mol. The molecule has 8 heteroatoms. The third-order valence-electron chi connectivity index (χ3n) is 2.93. The van der Waals surface area contributed by atoms with Crippen LogP contribution in [0.5, 0.6) is 0 Å². The minimum absolute atomic E-state index is 0.0193. The van der Waals surface area contributed by atoms with E-state index in [4.69, 9.17) is 5.14 Å². The number of primary sulfonamides is 1. The van der Waals surface area contributed by atoms with Gasteiger partial charge in [-0.1, -0.05) is 30.3 Å². The van der Waals surface area contributed by atoms with Gasteiger partial charge in [0.2, 0.25) is 10.0 Å². The number of nitrogens with one attached hydrogen (secondary N) is 1. The van der Waals surface area contributed by atoms with Gasteiger partial charge < -0.3 is 5.32 Å². The van der Waals surface area contributed by atoms with Crippen molar-refractivity contribution in [2.75, 3.05) is 12.3 Å². The van der Waals surface area contributed by atoms with E-state index in [9.17, 15) is 13.2 Å². The van der Waals surface area contributed by atoms with Gasteiger partial charge >= 0.3 is 0 Å². The molecule has 0 unspecified atom stereocenters. The molecular formula is C14H17N3O3S2. The second-order valence-corrected chi connectivity index (χ2v) is 7.41. The van der Waals surface area contributed by atoms with Crippen LogP contribution in [0.15, 0.2) is 35.7 Å². The number of aryl methyl sites for hydroxylation is 2. The van der Waals surface area contributed by atoms with Gasteiger partial charge in [0.05, 0.1) is 10.8 Å². The van der Waals surface area contributed by atoms with E-state index in [1.54, 1.807) is 5.38 Å². The quantitative estimate of drug-likeness (QED) is 0.784. The Morgan fingerprint density at radius 1 is 1.23 bits per heavy atom. The molecule has 6 nitrogen and oxygen atoms in total. The highest BCUT2D eigenvalue weighted by molar-refractivity contribution is 7.89. The average Bonchev–Trinajstić information content (AvgIpc) is 2.94. The number of rotatable bonds is 7. The number of carbonyl (C=O) groups excluding carboxylic acids is 1. The zero-order chi connectivity index (χ0) is 16.0. The standard InChI is InChI=1S/C14H17N3O3S2/c15-22(19,20)9-8-16-14(18)12-10-21-13(17-12)7-6-11-4-2-1-3-5-11/h1-5,10H,6-9H2,(H,16,18)(H2,15,19,20). The number of amides is 1. The second kappa shape index (κ2) is 7.48. The summed E-state index contributed by atoms with van der Waals surface area (Å²) < 4.78 is 21.6. The van der Waals surface area contributed by atoms with Crippen LogP contribution in [0.4, 0.5) is 0 Å². The highest BCUT2D eigenvalue weighted by Gasteiger charge is 2.11. The fourth-order valence-corrected chi connectivity index (χ4v) is 2.99. The third-order valence-corrected chi connectivity index (χ3v) is 4.61. The van der Waals surface area contributed by atoms with E-state index in [2.05, 4.69) is 22.4 Å². The molecule has 0 radical (unpaired) electrons. The number of benzene rings is 1. The smallest absolute Gasteiger partial charge is 0.270 e. The molecule has 1 amide bonds. The molecule has 2 rings (SSSR count). The number of nitrogens with two attached hydrogens (primary N) is 1. The largest absolute Gasteiger partial charge is 0.350 e. The van der Waals surface area contributed by atoms with Crippen LogP contribution in [-0.2, 0) is 22.9 Å². The Hall–Kier alpha value is -1.77. The molecule has 0 saturated heterocycles. The Morgan fingerprint density at radius 2 is 1.95 bits per heavy atom. The zero-order valence-electron chi connectivity index (χ0n) is 11.9. The molecule has 22 heavy (non-hydrogen) atoms. The van der Waals surface area contributed by atoms with Crippen LogP contribution in [0.25, 0.3) is 0 Å². The van der Waals surface area contributed by atoms with Crippen LogP contribution in [0.1, 0.15) is 21.1 Å². The predicted molar refractivity (Wildman–Crippen MR) is 86.3 cm³/mol. The number of aromatic nitrogens is 1. The molecule has 0 aliphatic carbocycles. The number of hydrogen-bond donors (Lipinski definition) is 2. The zero-order valence-corrected chi connectivity index (χ0v) is 13.5. The summed E-state index contributed by atoms with van der Waals surface area (Å²) in [6.07, 6.45) is 1.62. The van der Waals surface area contributed by atoms with E-state index in [1.807, 2.05) is 18.2 Å². The van der Waals surface area contributed by atoms with Crippen molar-refractivity contribution >= 4 is 27.3 Å². The van der Waals surface area contributed by atoms with Crippen LogP contribution in [-0.4, -0.2) is 31.6 Å². The monoisotopic (exact) mass is 339 g/mol. The average molecular weight is 339 g/mol. The van der Waals surface area contributed by atoms with Crippen LogP contribution in [0.3, 0.4) is 0 Å². The first-order valence-corrected chi connectivity index (χ1v) is 9.30. The molecule has 0 saturated carbocycles. The first-order valence-electron chi connectivity index (χ1n) is 6.71. The lowest BCUT2D eigenvalue weighted by molar-refractivity contribution is 0.0951. The lowest BCUT2D eigenvalue weighted by Crippen LogP contribution is -2.31. The highest BCUT2D eigenvalue weighted by atomic mass is 32.2. The molecule has 2 aromatic rings. The first kappa shape index (κ1) is 16.6. The Labute approximate surface area is 133 Å². The number of nitrogens with zero attached hydrogens (tertiary/aromatic N) is 1. The molecule has 0 aliphatic heterocycles. The van der Waals surface area contributed by atoms with E-state index in [0.29, 0.717) is 5.69 Å². The van der Waals surface area contributed by atoms with Gasteiger partial charge in [-0.2, -0.15) is 0 Å². The van der Waals surface area contributed by atoms with Gasteiger partial charge in [0.15, 0.2) is 0 Å². The summed E-state index contributed by atoms with van der Waals surface area (Å²) in [5.74, 6) is -0.671. The molecule has 1 heterocycles. The van der Waals surface area contributed by atoms with Crippen molar-refractivity contribution in [3.05, 3.63) is 52.0 Å². The third kappa shape index (κ3) is 5.55. The van der Waals surface area contributed by atoms with E-state index in [-0.39, 0.29) is 18.2 Å². The fraction of sp³-hybridized carbons (Fsp3) is 0.286. The van der Waals surface area contributed by atoms with Crippen LogP contribution >= 0.6 is 11.3 Å². The van der Waals surface area contributed by atoms with Crippen LogP contribution in [0, 0.1) is 0 Å². The summed E-state index contributed by atoms with van der Waals surface area (Å²) in [7, 11) is -3.57. The first-order chi connectivity index (χ1) is 10.4. The molecule has 0 spiro atoms.